The van der Waals surface area contributed by atoms with Gasteiger partial charge in [0.2, 0.25) is 0 Å². The molecule has 0 heterocycles. The van der Waals surface area contributed by atoms with Crippen molar-refractivity contribution >= 4 is 0 Å². The fourth-order valence-electron chi connectivity index (χ4n) is 5.16. The van der Waals surface area contributed by atoms with Crippen LogP contribution in [0, 0.1) is 23.2 Å². The predicted molar refractivity (Wildman–Crippen MR) is 135 cm³/mol. The van der Waals surface area contributed by atoms with Crippen LogP contribution in [0.25, 0.3) is 11.1 Å². The van der Waals surface area contributed by atoms with Crippen LogP contribution in [0.3, 0.4) is 0 Å². The first-order chi connectivity index (χ1) is 15.7. The second-order valence-electron chi connectivity index (χ2n) is 9.55. The van der Waals surface area contributed by atoms with Gasteiger partial charge in [-0.25, -0.2) is 0 Å². The maximum absolute atomic E-state index is 9.47. The molecule has 0 aromatic heterocycles. The largest absolute Gasteiger partial charge is 0.494 e. The van der Waals surface area contributed by atoms with Crippen molar-refractivity contribution < 1.29 is 4.74 Å². The van der Waals surface area contributed by atoms with E-state index < -0.39 is 0 Å². The number of nitriles is 1. The zero-order chi connectivity index (χ0) is 22.6. The maximum Gasteiger partial charge on any atom is 0.119 e. The highest BCUT2D eigenvalue weighted by Crippen LogP contribution is 2.40. The molecule has 0 radical (unpaired) electrons. The van der Waals surface area contributed by atoms with Crippen LogP contribution in [0.15, 0.2) is 48.5 Å². The number of nitrogens with zero attached hydrogens (tertiary/aromatic N) is 1. The smallest absolute Gasteiger partial charge is 0.119 e. The lowest BCUT2D eigenvalue weighted by Crippen LogP contribution is -2.20. The number of ether oxygens (including phenoxy) is 1. The lowest BCUT2D eigenvalue weighted by atomic mass is 9.73. The molecular weight excluding hydrogens is 390 g/mol. The Morgan fingerprint density at radius 3 is 2.03 bits per heavy atom. The Morgan fingerprint density at radius 2 is 1.44 bits per heavy atom. The summed E-state index contributed by atoms with van der Waals surface area (Å²) >= 11 is 0. The first-order valence-corrected chi connectivity index (χ1v) is 13.0. The van der Waals surface area contributed by atoms with Gasteiger partial charge in [-0.15, -0.1) is 0 Å². The van der Waals surface area contributed by atoms with Crippen molar-refractivity contribution in [1.82, 2.24) is 0 Å². The van der Waals surface area contributed by atoms with Gasteiger partial charge in [0.15, 0.2) is 0 Å². The van der Waals surface area contributed by atoms with Gasteiger partial charge < -0.3 is 4.74 Å². The first-order valence-electron chi connectivity index (χ1n) is 13.0. The number of benzene rings is 2. The summed E-state index contributed by atoms with van der Waals surface area (Å²) in [6, 6.07) is 20.3. The molecule has 0 saturated heterocycles. The summed E-state index contributed by atoms with van der Waals surface area (Å²) in [5.74, 6) is 2.48. The average Bonchev–Trinajstić information content (AvgIpc) is 2.85. The summed E-state index contributed by atoms with van der Waals surface area (Å²) in [6.45, 7) is 5.25. The van der Waals surface area contributed by atoms with E-state index in [0.717, 1.165) is 31.6 Å². The molecule has 0 aliphatic heterocycles. The van der Waals surface area contributed by atoms with E-state index in [1.54, 1.807) is 0 Å². The van der Waals surface area contributed by atoms with E-state index in [4.69, 9.17) is 4.74 Å². The minimum atomic E-state index is 0.260. The van der Waals surface area contributed by atoms with Crippen LogP contribution in [0.2, 0.25) is 0 Å². The normalized spacial score (nSPS) is 19.3. The van der Waals surface area contributed by atoms with E-state index in [1.165, 1.54) is 68.1 Å². The number of hydrogen-bond donors (Lipinski definition) is 0. The molecule has 3 rings (SSSR count). The van der Waals surface area contributed by atoms with Crippen molar-refractivity contribution in [2.45, 2.75) is 90.4 Å². The predicted octanol–water partition coefficient (Wildman–Crippen LogP) is 8.92. The van der Waals surface area contributed by atoms with Gasteiger partial charge in [0, 0.05) is 5.92 Å². The molecule has 0 spiro atoms. The zero-order valence-corrected chi connectivity index (χ0v) is 20.2. The maximum atomic E-state index is 9.47. The summed E-state index contributed by atoms with van der Waals surface area (Å²) in [4.78, 5) is 0. The van der Waals surface area contributed by atoms with Crippen LogP contribution in [0.4, 0.5) is 0 Å². The van der Waals surface area contributed by atoms with Crippen molar-refractivity contribution in [3.63, 3.8) is 0 Å². The third-order valence-corrected chi connectivity index (χ3v) is 7.19. The topological polar surface area (TPSA) is 33.0 Å². The summed E-state index contributed by atoms with van der Waals surface area (Å²) < 4.78 is 5.90. The molecule has 1 atom stereocenters. The van der Waals surface area contributed by atoms with Gasteiger partial charge in [-0.2, -0.15) is 5.26 Å². The van der Waals surface area contributed by atoms with Gasteiger partial charge in [0.05, 0.1) is 12.7 Å². The molecule has 0 N–H and O–H groups in total. The molecule has 1 unspecified atom stereocenters. The zero-order valence-electron chi connectivity index (χ0n) is 20.2. The molecule has 1 aliphatic rings. The second kappa shape index (κ2) is 13.3. The van der Waals surface area contributed by atoms with E-state index in [9.17, 15) is 5.26 Å². The van der Waals surface area contributed by atoms with Crippen LogP contribution in [-0.4, -0.2) is 6.61 Å². The molecule has 32 heavy (non-hydrogen) atoms. The van der Waals surface area contributed by atoms with Crippen molar-refractivity contribution in [1.29, 1.82) is 5.26 Å². The highest BCUT2D eigenvalue weighted by molar-refractivity contribution is 5.64. The molecule has 2 aromatic rings. The average molecular weight is 432 g/mol. The Labute approximate surface area is 196 Å². The first kappa shape index (κ1) is 24.4. The third kappa shape index (κ3) is 7.13. The van der Waals surface area contributed by atoms with Crippen molar-refractivity contribution in [3.05, 3.63) is 54.1 Å². The molecule has 0 amide bonds. The highest BCUT2D eigenvalue weighted by Gasteiger charge is 2.27. The highest BCUT2D eigenvalue weighted by atomic mass is 16.5. The Hall–Kier alpha value is -2.27. The van der Waals surface area contributed by atoms with Crippen molar-refractivity contribution in [2.75, 3.05) is 6.61 Å². The summed E-state index contributed by atoms with van der Waals surface area (Å²) in [5, 5.41) is 9.47. The van der Waals surface area contributed by atoms with Gasteiger partial charge in [-0.3, -0.25) is 0 Å². The van der Waals surface area contributed by atoms with Crippen LogP contribution in [0.5, 0.6) is 5.75 Å². The van der Waals surface area contributed by atoms with Gasteiger partial charge >= 0.3 is 0 Å². The monoisotopic (exact) mass is 431 g/mol. The summed E-state index contributed by atoms with van der Waals surface area (Å²) in [5.41, 5.74) is 3.97. The quantitative estimate of drug-likeness (QED) is 0.314. The Morgan fingerprint density at radius 1 is 0.812 bits per heavy atom. The van der Waals surface area contributed by atoms with Crippen molar-refractivity contribution in [2.24, 2.45) is 11.8 Å². The Kier molecular flexibility index (Phi) is 10.1. The Bertz CT molecular complexity index is 809. The van der Waals surface area contributed by atoms with Gasteiger partial charge in [-0.1, -0.05) is 82.3 Å². The van der Waals surface area contributed by atoms with Crippen LogP contribution >= 0.6 is 0 Å². The lowest BCUT2D eigenvalue weighted by Gasteiger charge is -2.31. The van der Waals surface area contributed by atoms with Crippen LogP contribution < -0.4 is 4.74 Å². The minimum Gasteiger partial charge on any atom is -0.494 e. The lowest BCUT2D eigenvalue weighted by molar-refractivity contribution is 0.259. The van der Waals surface area contributed by atoms with Gasteiger partial charge in [0.1, 0.15) is 5.75 Å². The summed E-state index contributed by atoms with van der Waals surface area (Å²) in [7, 11) is 0. The number of unbranched alkanes of at least 4 members (excludes halogenated alkanes) is 4. The van der Waals surface area contributed by atoms with E-state index in [2.05, 4.69) is 68.4 Å². The molecule has 1 aliphatic carbocycles. The van der Waals surface area contributed by atoms with Crippen LogP contribution in [0.1, 0.15) is 96.0 Å². The van der Waals surface area contributed by atoms with E-state index in [0.29, 0.717) is 11.8 Å². The molecule has 0 bridgehead atoms. The van der Waals surface area contributed by atoms with E-state index in [1.807, 2.05) is 0 Å². The van der Waals surface area contributed by atoms with Crippen molar-refractivity contribution in [3.8, 4) is 22.9 Å². The molecule has 172 valence electrons. The summed E-state index contributed by atoms with van der Waals surface area (Å²) in [6.07, 6.45) is 13.3. The molecule has 2 heteroatoms. The van der Waals surface area contributed by atoms with E-state index >= 15 is 0 Å². The Balaban J connectivity index is 1.48. The molecule has 1 saturated carbocycles. The number of rotatable bonds is 12. The van der Waals surface area contributed by atoms with E-state index in [-0.39, 0.29) is 5.92 Å². The molecule has 1 fully saturated rings. The third-order valence-electron chi connectivity index (χ3n) is 7.19. The molecule has 2 nitrogen and oxygen atoms in total. The van der Waals surface area contributed by atoms with Gasteiger partial charge in [-0.05, 0) is 79.2 Å². The van der Waals surface area contributed by atoms with Crippen LogP contribution in [-0.2, 0) is 0 Å². The SMILES string of the molecule is CCCCCCCOc1ccc(-c2ccc([C@H]3CC[C@H](C(C#N)CCC)CC3)cc2)cc1. The second-order valence-corrected chi connectivity index (χ2v) is 9.55. The number of hydrogen-bond acceptors (Lipinski definition) is 2. The van der Waals surface area contributed by atoms with Gasteiger partial charge in [0.25, 0.3) is 0 Å². The molecule has 2 aromatic carbocycles. The molecular formula is C30H41NO. The standard InChI is InChI=1S/C30H41NO/c1-3-5-6-7-8-22-32-30-20-18-27(19-21-30)26-12-10-24(11-13-26)25-14-16-28(17-15-25)29(23-31)9-4-2/h10-13,18-21,25,28-29H,3-9,14-17,22H2,1-2H3/t25-,28-,29?. The fraction of sp³-hybridized carbons (Fsp3) is 0.567. The minimum absolute atomic E-state index is 0.260. The fourth-order valence-corrected chi connectivity index (χ4v) is 5.16.